The molecule has 0 spiro atoms. The molecule has 1 aromatic heterocycles. The number of nitrogens with zero attached hydrogens (tertiary/aromatic N) is 3. The predicted octanol–water partition coefficient (Wildman–Crippen LogP) is 4.52. The minimum absolute atomic E-state index is 0.0552. The molecule has 2 aromatic carbocycles. The Hall–Kier alpha value is -3.81. The standard InChI is InChI=1S/C21H19N3O5/c1-14(2)16-7-9-17(10-8-16)21-22-19(29-23-21)13-28-20(25)11-6-15-4-3-5-18(12-15)24(26)27/h3-12,14H,13H2,1-2H3/b11-6+. The van der Waals surface area contributed by atoms with Crippen LogP contribution in [-0.4, -0.2) is 21.0 Å². The molecule has 0 aliphatic rings. The van der Waals surface area contributed by atoms with Crippen LogP contribution in [0.2, 0.25) is 0 Å². The number of hydrogen-bond donors (Lipinski definition) is 0. The summed E-state index contributed by atoms with van der Waals surface area (Å²) in [6.07, 6.45) is 2.62. The third-order valence-electron chi connectivity index (χ3n) is 4.13. The SMILES string of the molecule is CC(C)c1ccc(-c2noc(COC(=O)/C=C/c3cccc([N+](=O)[O-])c3)n2)cc1. The van der Waals surface area contributed by atoms with Crippen LogP contribution < -0.4 is 0 Å². The summed E-state index contributed by atoms with van der Waals surface area (Å²) in [5, 5.41) is 14.7. The molecule has 148 valence electrons. The van der Waals surface area contributed by atoms with Gasteiger partial charge >= 0.3 is 5.97 Å². The van der Waals surface area contributed by atoms with Crippen molar-refractivity contribution < 1.29 is 19.0 Å². The molecule has 0 unspecified atom stereocenters. The molecule has 0 aliphatic carbocycles. The van der Waals surface area contributed by atoms with E-state index in [1.165, 1.54) is 35.9 Å². The summed E-state index contributed by atoms with van der Waals surface area (Å²) in [5.41, 5.74) is 2.48. The van der Waals surface area contributed by atoms with Gasteiger partial charge in [-0.05, 0) is 23.1 Å². The highest BCUT2D eigenvalue weighted by molar-refractivity contribution is 5.87. The minimum atomic E-state index is -0.627. The molecular weight excluding hydrogens is 374 g/mol. The highest BCUT2D eigenvalue weighted by Crippen LogP contribution is 2.20. The molecule has 0 bridgehead atoms. The van der Waals surface area contributed by atoms with Gasteiger partial charge in [0, 0.05) is 23.8 Å². The summed E-state index contributed by atoms with van der Waals surface area (Å²) in [4.78, 5) is 26.3. The lowest BCUT2D eigenvalue weighted by atomic mass is 10.0. The van der Waals surface area contributed by atoms with Crippen molar-refractivity contribution in [2.45, 2.75) is 26.4 Å². The van der Waals surface area contributed by atoms with Gasteiger partial charge in [-0.15, -0.1) is 0 Å². The third kappa shape index (κ3) is 5.35. The second kappa shape index (κ2) is 8.92. The molecule has 0 atom stereocenters. The molecule has 1 heterocycles. The van der Waals surface area contributed by atoms with Gasteiger partial charge in [0.25, 0.3) is 11.6 Å². The van der Waals surface area contributed by atoms with Crippen LogP contribution in [0.25, 0.3) is 17.5 Å². The quantitative estimate of drug-likeness (QED) is 0.251. The average molecular weight is 393 g/mol. The van der Waals surface area contributed by atoms with Crippen molar-refractivity contribution in [3.05, 3.63) is 81.7 Å². The van der Waals surface area contributed by atoms with Crippen LogP contribution in [0.3, 0.4) is 0 Å². The fourth-order valence-corrected chi connectivity index (χ4v) is 2.54. The number of nitro groups is 1. The minimum Gasteiger partial charge on any atom is -0.452 e. The molecule has 0 fully saturated rings. The molecule has 8 nitrogen and oxygen atoms in total. The summed E-state index contributed by atoms with van der Waals surface area (Å²) < 4.78 is 10.2. The van der Waals surface area contributed by atoms with Crippen LogP contribution in [0, 0.1) is 10.1 Å². The van der Waals surface area contributed by atoms with E-state index in [0.717, 1.165) is 5.56 Å². The van der Waals surface area contributed by atoms with E-state index in [-0.39, 0.29) is 18.2 Å². The lowest BCUT2D eigenvalue weighted by molar-refractivity contribution is -0.384. The van der Waals surface area contributed by atoms with Crippen molar-refractivity contribution in [2.75, 3.05) is 0 Å². The fraction of sp³-hybridized carbons (Fsp3) is 0.190. The van der Waals surface area contributed by atoms with Crippen molar-refractivity contribution in [1.29, 1.82) is 0 Å². The highest BCUT2D eigenvalue weighted by Gasteiger charge is 2.11. The van der Waals surface area contributed by atoms with Gasteiger partial charge in [0.2, 0.25) is 5.82 Å². The number of esters is 1. The Bertz CT molecular complexity index is 1040. The van der Waals surface area contributed by atoms with E-state index >= 15 is 0 Å². The Morgan fingerprint density at radius 2 is 2.00 bits per heavy atom. The highest BCUT2D eigenvalue weighted by atomic mass is 16.6. The Labute approximate surface area is 167 Å². The van der Waals surface area contributed by atoms with Crippen LogP contribution in [0.4, 0.5) is 5.69 Å². The molecule has 0 saturated carbocycles. The molecule has 0 N–H and O–H groups in total. The van der Waals surface area contributed by atoms with Crippen LogP contribution in [-0.2, 0) is 16.1 Å². The Kier molecular flexibility index (Phi) is 6.13. The first kappa shape index (κ1) is 19.9. The Morgan fingerprint density at radius 3 is 2.69 bits per heavy atom. The summed E-state index contributed by atoms with van der Waals surface area (Å²) in [5.74, 6) is 0.389. The van der Waals surface area contributed by atoms with Crippen molar-refractivity contribution in [3.8, 4) is 11.4 Å². The number of non-ortho nitro benzene ring substituents is 1. The molecule has 8 heteroatoms. The fourth-order valence-electron chi connectivity index (χ4n) is 2.54. The van der Waals surface area contributed by atoms with Gasteiger partial charge in [-0.1, -0.05) is 55.4 Å². The number of rotatable bonds is 7. The van der Waals surface area contributed by atoms with Crippen molar-refractivity contribution in [3.63, 3.8) is 0 Å². The number of aromatic nitrogens is 2. The maximum Gasteiger partial charge on any atom is 0.331 e. The molecule has 0 saturated heterocycles. The largest absolute Gasteiger partial charge is 0.452 e. The Morgan fingerprint density at radius 1 is 1.24 bits per heavy atom. The molecule has 0 aliphatic heterocycles. The second-order valence-electron chi connectivity index (χ2n) is 6.58. The number of hydrogen-bond acceptors (Lipinski definition) is 7. The number of carbonyl (C=O) groups excluding carboxylic acids is 1. The zero-order valence-corrected chi connectivity index (χ0v) is 15.9. The Balaban J connectivity index is 1.57. The normalized spacial score (nSPS) is 11.1. The van der Waals surface area contributed by atoms with Crippen molar-refractivity contribution in [2.24, 2.45) is 0 Å². The van der Waals surface area contributed by atoms with E-state index in [1.807, 2.05) is 24.3 Å². The lowest BCUT2D eigenvalue weighted by Crippen LogP contribution is -2.01. The van der Waals surface area contributed by atoms with Crippen molar-refractivity contribution in [1.82, 2.24) is 10.1 Å². The van der Waals surface area contributed by atoms with Crippen molar-refractivity contribution >= 4 is 17.7 Å². The predicted molar refractivity (Wildman–Crippen MR) is 106 cm³/mol. The summed E-state index contributed by atoms with van der Waals surface area (Å²) in [7, 11) is 0. The first-order valence-electron chi connectivity index (χ1n) is 8.94. The topological polar surface area (TPSA) is 108 Å². The first-order valence-corrected chi connectivity index (χ1v) is 8.94. The number of ether oxygens (including phenoxy) is 1. The molecule has 3 rings (SSSR count). The second-order valence-corrected chi connectivity index (χ2v) is 6.58. The van der Waals surface area contributed by atoms with Gasteiger partial charge in [0.15, 0.2) is 6.61 Å². The monoisotopic (exact) mass is 393 g/mol. The van der Waals surface area contributed by atoms with Gasteiger partial charge in [0.05, 0.1) is 4.92 Å². The number of benzene rings is 2. The number of nitro benzene ring substituents is 1. The molecule has 3 aromatic rings. The van der Waals surface area contributed by atoms with Gasteiger partial charge in [-0.3, -0.25) is 10.1 Å². The maximum atomic E-state index is 11.9. The molecular formula is C21H19N3O5. The summed E-state index contributed by atoms with van der Waals surface area (Å²) in [6, 6.07) is 13.8. The van der Waals surface area contributed by atoms with Crippen LogP contribution in [0.5, 0.6) is 0 Å². The van der Waals surface area contributed by atoms with Crippen LogP contribution >= 0.6 is 0 Å². The first-order chi connectivity index (χ1) is 13.9. The molecule has 0 radical (unpaired) electrons. The van der Waals surface area contributed by atoms with E-state index in [2.05, 4.69) is 24.0 Å². The van der Waals surface area contributed by atoms with E-state index in [4.69, 9.17) is 9.26 Å². The van der Waals surface area contributed by atoms with E-state index in [1.54, 1.807) is 6.07 Å². The third-order valence-corrected chi connectivity index (χ3v) is 4.13. The zero-order chi connectivity index (χ0) is 20.8. The molecule has 0 amide bonds. The van der Waals surface area contributed by atoms with E-state index in [0.29, 0.717) is 17.3 Å². The van der Waals surface area contributed by atoms with Gasteiger partial charge < -0.3 is 9.26 Å². The average Bonchev–Trinajstić information content (AvgIpc) is 3.20. The maximum absolute atomic E-state index is 11.9. The smallest absolute Gasteiger partial charge is 0.331 e. The van der Waals surface area contributed by atoms with Gasteiger partial charge in [0.1, 0.15) is 0 Å². The van der Waals surface area contributed by atoms with Gasteiger partial charge in [-0.25, -0.2) is 4.79 Å². The molecule has 29 heavy (non-hydrogen) atoms. The zero-order valence-electron chi connectivity index (χ0n) is 15.9. The lowest BCUT2D eigenvalue weighted by Gasteiger charge is -2.04. The van der Waals surface area contributed by atoms with E-state index in [9.17, 15) is 14.9 Å². The van der Waals surface area contributed by atoms with Gasteiger partial charge in [-0.2, -0.15) is 4.98 Å². The van der Waals surface area contributed by atoms with Crippen LogP contribution in [0.1, 0.15) is 36.8 Å². The van der Waals surface area contributed by atoms with E-state index < -0.39 is 10.9 Å². The number of carbonyl (C=O) groups is 1. The summed E-state index contributed by atoms with van der Waals surface area (Å²) >= 11 is 0. The van der Waals surface area contributed by atoms with Crippen LogP contribution in [0.15, 0.2) is 59.1 Å². The summed E-state index contributed by atoms with van der Waals surface area (Å²) in [6.45, 7) is 4.06.